The van der Waals surface area contributed by atoms with Gasteiger partial charge in [0.2, 0.25) is 0 Å². The fourth-order valence-electron chi connectivity index (χ4n) is 3.03. The van der Waals surface area contributed by atoms with Crippen LogP contribution >= 0.6 is 11.6 Å². The summed E-state index contributed by atoms with van der Waals surface area (Å²) in [6, 6.07) is 2.90. The minimum absolute atomic E-state index is 0.305. The zero-order valence-corrected chi connectivity index (χ0v) is 15.8. The van der Waals surface area contributed by atoms with E-state index in [1.54, 1.807) is 12.1 Å². The maximum absolute atomic E-state index is 12.1. The molecule has 1 aromatic carbocycles. The topological polar surface area (TPSA) is 68.8 Å². The number of ether oxygens (including phenoxy) is 3. The van der Waals surface area contributed by atoms with E-state index in [2.05, 4.69) is 17.6 Å². The molecule has 6 nitrogen and oxygen atoms in total. The number of benzene rings is 1. The molecule has 2 atom stereocenters. The van der Waals surface area contributed by atoms with Crippen molar-refractivity contribution in [1.82, 2.24) is 5.32 Å². The van der Waals surface area contributed by atoms with Gasteiger partial charge in [-0.05, 0) is 18.8 Å². The Morgan fingerprint density at radius 1 is 1.20 bits per heavy atom. The summed E-state index contributed by atoms with van der Waals surface area (Å²) in [7, 11) is 3.03. The number of halogens is 1. The van der Waals surface area contributed by atoms with Crippen LogP contribution in [-0.4, -0.2) is 39.5 Å². The molecule has 0 bridgehead atoms. The van der Waals surface area contributed by atoms with Gasteiger partial charge in [-0.2, -0.15) is 0 Å². The summed E-state index contributed by atoms with van der Waals surface area (Å²) < 4.78 is 16.3. The van der Waals surface area contributed by atoms with Gasteiger partial charge in [0.15, 0.2) is 0 Å². The highest BCUT2D eigenvalue weighted by atomic mass is 35.5. The monoisotopic (exact) mass is 370 g/mol. The Balaban J connectivity index is 1.80. The minimum atomic E-state index is -0.331. The molecule has 1 fully saturated rings. The largest absolute Gasteiger partial charge is 0.495 e. The van der Waals surface area contributed by atoms with Gasteiger partial charge >= 0.3 is 6.03 Å². The van der Waals surface area contributed by atoms with E-state index in [-0.39, 0.29) is 6.03 Å². The van der Waals surface area contributed by atoms with Crippen LogP contribution in [-0.2, 0) is 4.74 Å². The first-order valence-electron chi connectivity index (χ1n) is 8.63. The average molecular weight is 371 g/mol. The lowest BCUT2D eigenvalue weighted by atomic mass is 9.88. The molecule has 0 spiro atoms. The molecule has 2 amide bonds. The number of nitrogens with one attached hydrogen (secondary N) is 2. The van der Waals surface area contributed by atoms with Gasteiger partial charge < -0.3 is 24.8 Å². The van der Waals surface area contributed by atoms with Crippen molar-refractivity contribution in [2.24, 2.45) is 5.92 Å². The Hall–Kier alpha value is -1.66. The Labute approximate surface area is 154 Å². The highest BCUT2D eigenvalue weighted by Crippen LogP contribution is 2.35. The van der Waals surface area contributed by atoms with Gasteiger partial charge in [-0.25, -0.2) is 4.79 Å². The second-order valence-corrected chi connectivity index (χ2v) is 6.65. The summed E-state index contributed by atoms with van der Waals surface area (Å²) in [5, 5.41) is 5.94. The van der Waals surface area contributed by atoms with Crippen LogP contribution in [0.5, 0.6) is 11.5 Å². The summed E-state index contributed by atoms with van der Waals surface area (Å²) in [6.45, 7) is 3.18. The molecule has 25 heavy (non-hydrogen) atoms. The maximum Gasteiger partial charge on any atom is 0.319 e. The minimum Gasteiger partial charge on any atom is -0.495 e. The molecule has 2 rings (SSSR count). The summed E-state index contributed by atoms with van der Waals surface area (Å²) in [5.41, 5.74) is 0.489. The molecule has 1 aliphatic carbocycles. The number of carbonyl (C=O) groups excluding carboxylic acids is 1. The van der Waals surface area contributed by atoms with Crippen LogP contribution in [0.4, 0.5) is 10.5 Å². The zero-order chi connectivity index (χ0) is 18.2. The van der Waals surface area contributed by atoms with Crippen molar-refractivity contribution in [1.29, 1.82) is 0 Å². The first kappa shape index (κ1) is 19.7. The normalized spacial score (nSPS) is 20.0. The van der Waals surface area contributed by atoms with Gasteiger partial charge in [0.05, 0.1) is 37.6 Å². The third kappa shape index (κ3) is 5.68. The van der Waals surface area contributed by atoms with Gasteiger partial charge in [-0.1, -0.05) is 31.4 Å². The number of anilines is 1. The van der Waals surface area contributed by atoms with E-state index in [1.807, 2.05) is 0 Å². The second-order valence-electron chi connectivity index (χ2n) is 6.24. The smallest absolute Gasteiger partial charge is 0.319 e. The van der Waals surface area contributed by atoms with Crippen molar-refractivity contribution < 1.29 is 19.0 Å². The Morgan fingerprint density at radius 2 is 1.92 bits per heavy atom. The fourth-order valence-corrected chi connectivity index (χ4v) is 3.26. The van der Waals surface area contributed by atoms with Crippen LogP contribution in [0.2, 0.25) is 5.02 Å². The number of methoxy groups -OCH3 is 2. The van der Waals surface area contributed by atoms with E-state index in [1.165, 1.54) is 33.5 Å². The number of amides is 2. The van der Waals surface area contributed by atoms with Gasteiger partial charge in [0.25, 0.3) is 0 Å². The summed E-state index contributed by atoms with van der Waals surface area (Å²) in [6.07, 6.45) is 5.14. The van der Waals surface area contributed by atoms with Crippen LogP contribution in [0, 0.1) is 5.92 Å². The lowest BCUT2D eigenvalue weighted by Crippen LogP contribution is -2.34. The Bertz CT molecular complexity index is 582. The molecule has 0 heterocycles. The second kappa shape index (κ2) is 9.73. The van der Waals surface area contributed by atoms with Crippen LogP contribution < -0.4 is 20.1 Å². The summed E-state index contributed by atoms with van der Waals surface area (Å²) in [5.74, 6) is 1.52. The van der Waals surface area contributed by atoms with E-state index >= 15 is 0 Å². The van der Waals surface area contributed by atoms with Crippen LogP contribution in [0.1, 0.15) is 32.6 Å². The molecular formula is C18H27ClN2O4. The van der Waals surface area contributed by atoms with Crippen molar-refractivity contribution in [3.8, 4) is 11.5 Å². The van der Waals surface area contributed by atoms with E-state index in [4.69, 9.17) is 25.8 Å². The highest BCUT2D eigenvalue weighted by molar-refractivity contribution is 6.32. The number of urea groups is 1. The van der Waals surface area contributed by atoms with Gasteiger partial charge in [0.1, 0.15) is 11.5 Å². The average Bonchev–Trinajstić information content (AvgIpc) is 2.61. The quantitative estimate of drug-likeness (QED) is 0.710. The third-order valence-electron chi connectivity index (χ3n) is 4.47. The van der Waals surface area contributed by atoms with Crippen LogP contribution in [0.25, 0.3) is 0 Å². The Kier molecular flexibility index (Phi) is 7.65. The van der Waals surface area contributed by atoms with Crippen molar-refractivity contribution in [2.45, 2.75) is 38.7 Å². The first-order chi connectivity index (χ1) is 12.0. The number of hydrogen-bond acceptors (Lipinski definition) is 4. The number of carbonyl (C=O) groups is 1. The molecule has 0 aromatic heterocycles. The molecule has 1 aliphatic rings. The molecule has 0 aliphatic heterocycles. The summed E-state index contributed by atoms with van der Waals surface area (Å²) in [4.78, 5) is 12.1. The van der Waals surface area contributed by atoms with Crippen LogP contribution in [0.3, 0.4) is 0 Å². The standard InChI is InChI=1S/C18H27ClN2O4/c1-12-6-4-5-7-15(12)25-9-8-20-18(22)21-14-11-16(23-2)13(19)10-17(14)24-3/h10-12,15H,4-9H2,1-3H3,(H2,20,21,22)/t12-,15+/m0/s1. The molecule has 1 aromatic rings. The van der Waals surface area contributed by atoms with E-state index in [9.17, 15) is 4.79 Å². The molecule has 140 valence electrons. The van der Waals surface area contributed by atoms with Crippen molar-refractivity contribution in [2.75, 3.05) is 32.7 Å². The molecule has 0 saturated heterocycles. The predicted octanol–water partition coefficient (Wildman–Crippen LogP) is 4.07. The molecular weight excluding hydrogens is 344 g/mol. The van der Waals surface area contributed by atoms with Crippen molar-refractivity contribution >= 4 is 23.3 Å². The number of hydrogen-bond donors (Lipinski definition) is 2. The highest BCUT2D eigenvalue weighted by Gasteiger charge is 2.21. The lowest BCUT2D eigenvalue weighted by Gasteiger charge is -2.28. The first-order valence-corrected chi connectivity index (χ1v) is 9.01. The molecule has 1 saturated carbocycles. The SMILES string of the molecule is COc1cc(NC(=O)NCCO[C@@H]2CCCC[C@@H]2C)c(OC)cc1Cl. The maximum atomic E-state index is 12.1. The van der Waals surface area contributed by atoms with Crippen LogP contribution in [0.15, 0.2) is 12.1 Å². The van der Waals surface area contributed by atoms with Gasteiger partial charge in [-0.3, -0.25) is 0 Å². The Morgan fingerprint density at radius 3 is 2.60 bits per heavy atom. The molecule has 0 radical (unpaired) electrons. The van der Waals surface area contributed by atoms with E-state index < -0.39 is 0 Å². The fraction of sp³-hybridized carbons (Fsp3) is 0.611. The van der Waals surface area contributed by atoms with Crippen molar-refractivity contribution in [3.63, 3.8) is 0 Å². The lowest BCUT2D eigenvalue weighted by molar-refractivity contribution is -0.00232. The molecule has 7 heteroatoms. The molecule has 0 unspecified atom stereocenters. The molecule has 2 N–H and O–H groups in total. The summed E-state index contributed by atoms with van der Waals surface area (Å²) >= 11 is 6.05. The van der Waals surface area contributed by atoms with Crippen molar-refractivity contribution in [3.05, 3.63) is 17.2 Å². The van der Waals surface area contributed by atoms with E-state index in [0.29, 0.717) is 47.4 Å². The van der Waals surface area contributed by atoms with Gasteiger partial charge in [0, 0.05) is 18.7 Å². The number of rotatable bonds is 7. The van der Waals surface area contributed by atoms with E-state index in [0.717, 1.165) is 6.42 Å². The predicted molar refractivity (Wildman–Crippen MR) is 98.9 cm³/mol. The third-order valence-corrected chi connectivity index (χ3v) is 4.77. The zero-order valence-electron chi connectivity index (χ0n) is 15.1. The van der Waals surface area contributed by atoms with Gasteiger partial charge in [-0.15, -0.1) is 0 Å².